The number of aromatic nitrogens is 3. The Morgan fingerprint density at radius 2 is 1.94 bits per heavy atom. The van der Waals surface area contributed by atoms with Crippen molar-refractivity contribution in [1.29, 1.82) is 0 Å². The molecule has 1 aliphatic heterocycles. The molecule has 2 aromatic heterocycles. The molecule has 1 unspecified atom stereocenters. The van der Waals surface area contributed by atoms with E-state index in [1.54, 1.807) is 14.2 Å². The lowest BCUT2D eigenvalue weighted by molar-refractivity contribution is 0.392. The van der Waals surface area contributed by atoms with Gasteiger partial charge in [-0.25, -0.2) is 0 Å². The van der Waals surface area contributed by atoms with Gasteiger partial charge in [0.1, 0.15) is 17.3 Å². The summed E-state index contributed by atoms with van der Waals surface area (Å²) in [7, 11) is 3.38. The molecule has 4 rings (SSSR count). The van der Waals surface area contributed by atoms with Crippen LogP contribution >= 0.6 is 24.0 Å². The molecule has 0 amide bonds. The molecular formula is C23H31IN6O2. The summed E-state index contributed by atoms with van der Waals surface area (Å²) in [6.07, 6.45) is 3.80. The molecule has 0 saturated carbocycles. The van der Waals surface area contributed by atoms with Gasteiger partial charge in [-0.2, -0.15) is 0 Å². The first-order chi connectivity index (χ1) is 15.2. The topological polar surface area (TPSA) is 76.3 Å². The van der Waals surface area contributed by atoms with Crippen molar-refractivity contribution in [3.8, 4) is 11.5 Å². The van der Waals surface area contributed by atoms with E-state index in [2.05, 4.69) is 39.5 Å². The highest BCUT2D eigenvalue weighted by Gasteiger charge is 2.27. The Kier molecular flexibility index (Phi) is 8.54. The molecule has 1 aliphatic rings. The van der Waals surface area contributed by atoms with Gasteiger partial charge in [-0.15, -0.1) is 34.2 Å². The van der Waals surface area contributed by atoms with E-state index in [9.17, 15) is 0 Å². The third-order valence-corrected chi connectivity index (χ3v) is 5.65. The van der Waals surface area contributed by atoms with Crippen molar-refractivity contribution < 1.29 is 9.47 Å². The summed E-state index contributed by atoms with van der Waals surface area (Å²) < 4.78 is 12.9. The van der Waals surface area contributed by atoms with Crippen LogP contribution in [0.1, 0.15) is 30.7 Å². The van der Waals surface area contributed by atoms with Crippen molar-refractivity contribution in [2.45, 2.75) is 25.7 Å². The molecule has 0 radical (unpaired) electrons. The molecule has 32 heavy (non-hydrogen) atoms. The predicted molar refractivity (Wildman–Crippen MR) is 137 cm³/mol. The molecule has 1 aromatic carbocycles. The van der Waals surface area contributed by atoms with Gasteiger partial charge in [0.25, 0.3) is 0 Å². The van der Waals surface area contributed by atoms with Crippen molar-refractivity contribution in [2.24, 2.45) is 4.99 Å². The number of pyridine rings is 1. The third-order valence-electron chi connectivity index (χ3n) is 5.65. The number of nitrogens with zero attached hydrogens (tertiary/aromatic N) is 5. The molecule has 1 saturated heterocycles. The van der Waals surface area contributed by atoms with E-state index < -0.39 is 0 Å². The van der Waals surface area contributed by atoms with E-state index in [0.717, 1.165) is 61.4 Å². The molecule has 9 heteroatoms. The molecule has 1 atom stereocenters. The quantitative estimate of drug-likeness (QED) is 0.276. The highest BCUT2D eigenvalue weighted by molar-refractivity contribution is 14.0. The first kappa shape index (κ1) is 24.1. The normalized spacial score (nSPS) is 16.2. The van der Waals surface area contributed by atoms with Crippen LogP contribution in [0.25, 0.3) is 5.65 Å². The average Bonchev–Trinajstić information content (AvgIpc) is 3.46. The van der Waals surface area contributed by atoms with Crippen LogP contribution in [0, 0.1) is 0 Å². The number of guanidine groups is 1. The predicted octanol–water partition coefficient (Wildman–Crippen LogP) is 3.36. The molecule has 3 aromatic rings. The number of halogens is 1. The molecule has 1 fully saturated rings. The van der Waals surface area contributed by atoms with Crippen LogP contribution in [0.2, 0.25) is 0 Å². The fourth-order valence-electron chi connectivity index (χ4n) is 4.04. The van der Waals surface area contributed by atoms with Crippen molar-refractivity contribution in [3.63, 3.8) is 0 Å². The number of aliphatic imine (C=N–C) groups is 1. The average molecular weight is 550 g/mol. The first-order valence-corrected chi connectivity index (χ1v) is 10.8. The van der Waals surface area contributed by atoms with Crippen LogP contribution in [0.15, 0.2) is 47.6 Å². The van der Waals surface area contributed by atoms with E-state index >= 15 is 0 Å². The van der Waals surface area contributed by atoms with E-state index in [-0.39, 0.29) is 24.0 Å². The van der Waals surface area contributed by atoms with Crippen molar-refractivity contribution in [2.75, 3.05) is 40.4 Å². The summed E-state index contributed by atoms with van der Waals surface area (Å²) in [6, 6.07) is 12.0. The highest BCUT2D eigenvalue weighted by atomic mass is 127. The Morgan fingerprint density at radius 3 is 2.66 bits per heavy atom. The maximum atomic E-state index is 5.45. The second kappa shape index (κ2) is 11.3. The lowest BCUT2D eigenvalue weighted by Gasteiger charge is -2.22. The fourth-order valence-corrected chi connectivity index (χ4v) is 4.04. The van der Waals surface area contributed by atoms with Gasteiger partial charge in [0, 0.05) is 50.8 Å². The fraction of sp³-hybridized carbons (Fsp3) is 0.435. The molecule has 3 heterocycles. The number of fused-ring (bicyclic) bond motifs is 1. The Hall–Kier alpha value is -2.56. The van der Waals surface area contributed by atoms with Crippen molar-refractivity contribution in [1.82, 2.24) is 24.8 Å². The number of likely N-dealkylation sites (tertiary alicyclic amines) is 1. The summed E-state index contributed by atoms with van der Waals surface area (Å²) in [4.78, 5) is 7.21. The van der Waals surface area contributed by atoms with Crippen LogP contribution in [-0.4, -0.2) is 65.9 Å². The Labute approximate surface area is 206 Å². The van der Waals surface area contributed by atoms with Gasteiger partial charge in [0.2, 0.25) is 0 Å². The Balaban J connectivity index is 0.00000289. The highest BCUT2D eigenvalue weighted by Crippen LogP contribution is 2.32. The number of nitrogens with one attached hydrogen (secondary N) is 1. The molecule has 172 valence electrons. The van der Waals surface area contributed by atoms with Gasteiger partial charge in [-0.3, -0.25) is 9.39 Å². The standard InChI is InChI=1S/C23H30N6O2.HI/c1-4-24-23(25-10-8-22-27-26-21-7-5-6-11-29(21)22)28-12-9-17(16-28)18-13-19(30-2)15-20(14-18)31-3;/h5-7,11,13-15,17H,4,8-10,12,16H2,1-3H3,(H,24,25);1H. The molecule has 1 N–H and O–H groups in total. The van der Waals surface area contributed by atoms with E-state index in [1.165, 1.54) is 5.56 Å². The molecular weight excluding hydrogens is 519 g/mol. The van der Waals surface area contributed by atoms with Crippen LogP contribution in [0.3, 0.4) is 0 Å². The second-order valence-corrected chi connectivity index (χ2v) is 7.61. The first-order valence-electron chi connectivity index (χ1n) is 10.8. The number of ether oxygens (including phenoxy) is 2. The van der Waals surface area contributed by atoms with Crippen LogP contribution < -0.4 is 14.8 Å². The van der Waals surface area contributed by atoms with Crippen molar-refractivity contribution >= 4 is 35.6 Å². The summed E-state index contributed by atoms with van der Waals surface area (Å²) in [5.41, 5.74) is 2.11. The minimum atomic E-state index is 0. The van der Waals surface area contributed by atoms with E-state index in [1.807, 2.05) is 34.9 Å². The second-order valence-electron chi connectivity index (χ2n) is 7.61. The smallest absolute Gasteiger partial charge is 0.193 e. The van der Waals surface area contributed by atoms with E-state index in [4.69, 9.17) is 14.5 Å². The van der Waals surface area contributed by atoms with Gasteiger partial charge in [-0.05, 0) is 43.2 Å². The van der Waals surface area contributed by atoms with Crippen LogP contribution in [0.5, 0.6) is 11.5 Å². The SMILES string of the molecule is CCNC(=NCCc1nnc2ccccn12)N1CCC(c2cc(OC)cc(OC)c2)C1.I. The zero-order valence-corrected chi connectivity index (χ0v) is 21.2. The summed E-state index contributed by atoms with van der Waals surface area (Å²) in [5.74, 6) is 3.95. The van der Waals surface area contributed by atoms with Gasteiger partial charge in [-0.1, -0.05) is 6.07 Å². The maximum absolute atomic E-state index is 5.45. The van der Waals surface area contributed by atoms with Gasteiger partial charge >= 0.3 is 0 Å². The number of hydrogen-bond donors (Lipinski definition) is 1. The van der Waals surface area contributed by atoms with Gasteiger partial charge < -0.3 is 19.7 Å². The Morgan fingerprint density at radius 1 is 1.16 bits per heavy atom. The monoisotopic (exact) mass is 550 g/mol. The summed E-state index contributed by atoms with van der Waals surface area (Å²) >= 11 is 0. The molecule has 0 bridgehead atoms. The Bertz CT molecular complexity index is 1030. The maximum Gasteiger partial charge on any atom is 0.193 e. The van der Waals surface area contributed by atoms with Gasteiger partial charge in [0.05, 0.1) is 14.2 Å². The minimum Gasteiger partial charge on any atom is -0.497 e. The largest absolute Gasteiger partial charge is 0.497 e. The number of methoxy groups -OCH3 is 2. The lowest BCUT2D eigenvalue weighted by atomic mass is 9.98. The number of hydrogen-bond acceptors (Lipinski definition) is 5. The molecule has 0 spiro atoms. The minimum absolute atomic E-state index is 0. The summed E-state index contributed by atoms with van der Waals surface area (Å²) in [6.45, 7) is 5.47. The summed E-state index contributed by atoms with van der Waals surface area (Å²) in [5, 5.41) is 12.0. The zero-order valence-electron chi connectivity index (χ0n) is 18.8. The number of rotatable bonds is 7. The van der Waals surface area contributed by atoms with Crippen LogP contribution in [0.4, 0.5) is 0 Å². The molecule has 8 nitrogen and oxygen atoms in total. The zero-order chi connectivity index (χ0) is 21.6. The van der Waals surface area contributed by atoms with Crippen LogP contribution in [-0.2, 0) is 6.42 Å². The lowest BCUT2D eigenvalue weighted by Crippen LogP contribution is -2.40. The third kappa shape index (κ3) is 5.43. The van der Waals surface area contributed by atoms with E-state index in [0.29, 0.717) is 12.5 Å². The van der Waals surface area contributed by atoms with Gasteiger partial charge in [0.15, 0.2) is 11.6 Å². The van der Waals surface area contributed by atoms with Crippen molar-refractivity contribution in [3.05, 3.63) is 54.0 Å². The molecule has 0 aliphatic carbocycles. The number of benzene rings is 1.